The van der Waals surface area contributed by atoms with E-state index in [0.717, 1.165) is 61.7 Å². The second kappa shape index (κ2) is 12.8. The molecule has 6 aromatic carbocycles. The Morgan fingerprint density at radius 1 is 0.692 bits per heavy atom. The van der Waals surface area contributed by atoms with Crippen molar-refractivity contribution in [1.82, 2.24) is 9.97 Å². The Kier molecular flexibility index (Phi) is 8.23. The number of phenols is 1. The number of fused-ring (bicyclic) bond motifs is 4. The molecule has 1 aliphatic rings. The normalized spacial score (nSPS) is 12.3. The summed E-state index contributed by atoms with van der Waals surface area (Å²) in [5, 5.41) is 11.8. The summed E-state index contributed by atoms with van der Waals surface area (Å²) in [5.74, 6) is 2.01. The van der Waals surface area contributed by atoms with Gasteiger partial charge in [-0.25, -0.2) is 4.98 Å². The molecule has 52 heavy (non-hydrogen) atoms. The van der Waals surface area contributed by atoms with E-state index >= 15 is 0 Å². The number of nitrogens with zero attached hydrogens (tertiary/aromatic N) is 3. The summed E-state index contributed by atoms with van der Waals surface area (Å²) in [6.07, 6.45) is 1.88. The van der Waals surface area contributed by atoms with Crippen molar-refractivity contribution < 1.29 is 35.3 Å². The topological polar surface area (TPSA) is 71.6 Å². The quantitative estimate of drug-likeness (QED) is 0.178. The molecule has 8 aromatic rings. The van der Waals surface area contributed by atoms with E-state index in [1.807, 2.05) is 66.9 Å². The van der Waals surface area contributed by atoms with Gasteiger partial charge in [-0.1, -0.05) is 92.6 Å². The van der Waals surface area contributed by atoms with Gasteiger partial charge in [0.1, 0.15) is 11.3 Å². The number of para-hydroxylation sites is 6. The largest absolute Gasteiger partial charge is 0.507 e. The molecule has 0 saturated heterocycles. The molecule has 1 N–H and O–H groups in total. The molecule has 258 valence electrons. The maximum atomic E-state index is 10.6. The van der Waals surface area contributed by atoms with Gasteiger partial charge >= 0.3 is 0 Å². The number of phenolic OH excluding ortho intramolecular Hbond substituents is 1. The van der Waals surface area contributed by atoms with Crippen LogP contribution in [-0.2, 0) is 26.5 Å². The van der Waals surface area contributed by atoms with Crippen LogP contribution in [0.4, 0.5) is 17.1 Å². The average Bonchev–Trinajstić information content (AvgIpc) is 3.58. The van der Waals surface area contributed by atoms with Crippen molar-refractivity contribution in [2.24, 2.45) is 0 Å². The van der Waals surface area contributed by atoms with E-state index in [2.05, 4.69) is 81.1 Å². The zero-order valence-corrected chi connectivity index (χ0v) is 31.3. The van der Waals surface area contributed by atoms with Crippen LogP contribution in [0, 0.1) is 13.0 Å². The number of aryl methyl sites for hydroxylation is 1. The molecule has 6 nitrogen and oxygen atoms in total. The first kappa shape index (κ1) is 33.4. The van der Waals surface area contributed by atoms with Crippen molar-refractivity contribution in [3.63, 3.8) is 0 Å². The molecule has 0 bridgehead atoms. The summed E-state index contributed by atoms with van der Waals surface area (Å²) in [7, 11) is 0. The van der Waals surface area contributed by atoms with Gasteiger partial charge in [0.25, 0.3) is 0 Å². The average molecular weight is 860 g/mol. The monoisotopic (exact) mass is 859 g/mol. The minimum atomic E-state index is -0.0978. The number of ether oxygens (including phenoxy) is 1. The van der Waals surface area contributed by atoms with Gasteiger partial charge in [-0.3, -0.25) is 4.98 Å². The molecule has 0 radical (unpaired) electrons. The van der Waals surface area contributed by atoms with Crippen molar-refractivity contribution >= 4 is 39.1 Å². The summed E-state index contributed by atoms with van der Waals surface area (Å²) < 4.78 is 12.6. The predicted molar refractivity (Wildman–Crippen MR) is 204 cm³/mol. The standard InChI is InChI=1S/C45H34N3O3.Pt/c1-27-20-21-46-42-34(27)25-30(45(2,3)4)26-35(42)29-22-28(32-13-11-19-41-43(32)47-44(51-41)33-12-5-8-16-38(33)49)23-31(24-29)48-36-14-6-9-17-39(36)50-40-18-10-7-15-37(40)48;/h5-21,23-26,49H,1-4H3;/q-1;. The molecule has 0 atom stereocenters. The Hall–Kier alpha value is -5.71. The number of hydrogen-bond donors (Lipinski definition) is 1. The Labute approximate surface area is 316 Å². The van der Waals surface area contributed by atoms with Crippen LogP contribution in [0.1, 0.15) is 31.9 Å². The van der Waals surface area contributed by atoms with Crippen molar-refractivity contribution in [2.45, 2.75) is 33.1 Å². The van der Waals surface area contributed by atoms with Gasteiger partial charge in [0.2, 0.25) is 5.89 Å². The third kappa shape index (κ3) is 5.64. The molecule has 0 aliphatic carbocycles. The van der Waals surface area contributed by atoms with Gasteiger partial charge in [-0.15, -0.1) is 29.3 Å². The second-order valence-corrected chi connectivity index (χ2v) is 14.0. The van der Waals surface area contributed by atoms with Crippen molar-refractivity contribution in [1.29, 1.82) is 0 Å². The molecule has 0 unspecified atom stereocenters. The van der Waals surface area contributed by atoms with E-state index in [0.29, 0.717) is 22.6 Å². The van der Waals surface area contributed by atoms with Crippen LogP contribution in [0.2, 0.25) is 0 Å². The van der Waals surface area contributed by atoms with Gasteiger partial charge in [-0.2, -0.15) is 0 Å². The van der Waals surface area contributed by atoms with Gasteiger partial charge in [0.15, 0.2) is 11.5 Å². The molecular formula is C45H34N3O3Pt-. The van der Waals surface area contributed by atoms with Crippen molar-refractivity contribution in [3.05, 3.63) is 145 Å². The Balaban J connectivity index is 0.00000387. The zero-order valence-electron chi connectivity index (χ0n) is 29.0. The molecule has 0 fully saturated rings. The third-order valence-corrected chi connectivity index (χ3v) is 9.61. The number of hydrogen-bond acceptors (Lipinski definition) is 6. The number of benzene rings is 6. The summed E-state index contributed by atoms with van der Waals surface area (Å²) in [6, 6.07) is 44.0. The van der Waals surface area contributed by atoms with Crippen molar-refractivity contribution in [2.75, 3.05) is 4.90 Å². The fraction of sp³-hybridized carbons (Fsp3) is 0.111. The maximum Gasteiger partial charge on any atom is 0.230 e. The van der Waals surface area contributed by atoms with E-state index in [4.69, 9.17) is 19.1 Å². The van der Waals surface area contributed by atoms with Gasteiger partial charge in [-0.05, 0) is 83.1 Å². The Morgan fingerprint density at radius 3 is 2.06 bits per heavy atom. The summed E-state index contributed by atoms with van der Waals surface area (Å²) in [6.45, 7) is 8.86. The molecule has 2 aromatic heterocycles. The van der Waals surface area contributed by atoms with E-state index in [1.54, 1.807) is 18.2 Å². The number of pyridine rings is 1. The summed E-state index contributed by atoms with van der Waals surface area (Å²) >= 11 is 0. The first-order chi connectivity index (χ1) is 24.7. The molecule has 0 saturated carbocycles. The van der Waals surface area contributed by atoms with Crippen LogP contribution in [-0.4, -0.2) is 15.1 Å². The minimum Gasteiger partial charge on any atom is -0.507 e. The molecule has 0 amide bonds. The van der Waals surface area contributed by atoms with Crippen LogP contribution in [0.3, 0.4) is 0 Å². The van der Waals surface area contributed by atoms with Crippen LogP contribution >= 0.6 is 0 Å². The molecular weight excluding hydrogens is 826 g/mol. The number of oxazole rings is 1. The maximum absolute atomic E-state index is 10.6. The zero-order chi connectivity index (χ0) is 34.9. The molecule has 7 heteroatoms. The fourth-order valence-electron chi connectivity index (χ4n) is 6.92. The number of aromatic nitrogens is 2. The Morgan fingerprint density at radius 2 is 1.35 bits per heavy atom. The summed E-state index contributed by atoms with van der Waals surface area (Å²) in [5.41, 5.74) is 11.4. The first-order valence-corrected chi connectivity index (χ1v) is 17.0. The van der Waals surface area contributed by atoms with Gasteiger partial charge < -0.3 is 19.2 Å². The van der Waals surface area contributed by atoms with Gasteiger partial charge in [0.05, 0.1) is 22.5 Å². The van der Waals surface area contributed by atoms with Crippen LogP contribution < -0.4 is 9.64 Å². The van der Waals surface area contributed by atoms with Gasteiger partial charge in [0, 0.05) is 32.8 Å². The summed E-state index contributed by atoms with van der Waals surface area (Å²) in [4.78, 5) is 12.2. The number of aromatic hydroxyl groups is 1. The SMILES string of the molecule is Cc1ccnc2c(-c3[c-]c(-c4cccc5oc(-c6ccccc6O)nc45)cc(N4c5ccccc5Oc5ccccc54)c3)cc(C(C)(C)C)cc12.[Pt]. The second-order valence-electron chi connectivity index (χ2n) is 14.0. The number of anilines is 3. The van der Waals surface area contributed by atoms with Crippen LogP contribution in [0.5, 0.6) is 17.2 Å². The first-order valence-electron chi connectivity index (χ1n) is 17.0. The number of rotatable bonds is 4. The van der Waals surface area contributed by atoms with Crippen LogP contribution in [0.25, 0.3) is 55.7 Å². The third-order valence-electron chi connectivity index (χ3n) is 9.61. The van der Waals surface area contributed by atoms with E-state index in [1.165, 1.54) is 11.1 Å². The molecule has 9 rings (SSSR count). The van der Waals surface area contributed by atoms with E-state index < -0.39 is 0 Å². The van der Waals surface area contributed by atoms with E-state index in [-0.39, 0.29) is 32.2 Å². The smallest absolute Gasteiger partial charge is 0.230 e. The molecule has 3 heterocycles. The van der Waals surface area contributed by atoms with Crippen LogP contribution in [0.15, 0.2) is 132 Å². The predicted octanol–water partition coefficient (Wildman–Crippen LogP) is 12.1. The van der Waals surface area contributed by atoms with E-state index in [9.17, 15) is 5.11 Å². The minimum absolute atomic E-state index is 0. The Bertz CT molecular complexity index is 2610. The molecule has 0 spiro atoms. The fourth-order valence-corrected chi connectivity index (χ4v) is 6.92. The van der Waals surface area contributed by atoms with Crippen molar-refractivity contribution in [3.8, 4) is 51.0 Å². The molecule has 1 aliphatic heterocycles.